The maximum Gasteiger partial charge on any atom is 0.291 e. The van der Waals surface area contributed by atoms with Crippen LogP contribution >= 0.6 is 0 Å². The second-order valence-corrected chi connectivity index (χ2v) is 4.87. The molecule has 0 aliphatic rings. The number of rotatable bonds is 3. The topological polar surface area (TPSA) is 102 Å². The maximum absolute atomic E-state index is 12.2. The largest absolute Gasteiger partial charge is 0.451 e. The lowest BCUT2D eigenvalue weighted by Crippen LogP contribution is -2.15. The Balaban J connectivity index is 1.88. The molecule has 6 heteroatoms. The van der Waals surface area contributed by atoms with Gasteiger partial charge in [-0.3, -0.25) is 14.4 Å². The molecule has 3 aromatic rings. The minimum atomic E-state index is -0.556. The predicted molar refractivity (Wildman–Crippen MR) is 85.4 cm³/mol. The van der Waals surface area contributed by atoms with Gasteiger partial charge in [0.15, 0.2) is 11.2 Å². The summed E-state index contributed by atoms with van der Waals surface area (Å²) in [6.07, 6.45) is 0. The highest BCUT2D eigenvalue weighted by Gasteiger charge is 2.12. The van der Waals surface area contributed by atoms with Crippen LogP contribution in [0.15, 0.2) is 63.8 Å². The molecule has 0 aliphatic carbocycles. The van der Waals surface area contributed by atoms with Crippen molar-refractivity contribution >= 4 is 28.5 Å². The molecule has 0 saturated carbocycles. The molecule has 1 heterocycles. The van der Waals surface area contributed by atoms with Crippen LogP contribution in [0.2, 0.25) is 0 Å². The molecule has 0 aliphatic heterocycles. The first-order valence-electron chi connectivity index (χ1n) is 6.79. The van der Waals surface area contributed by atoms with Gasteiger partial charge in [-0.2, -0.15) is 0 Å². The van der Waals surface area contributed by atoms with E-state index in [0.717, 1.165) is 6.07 Å². The van der Waals surface area contributed by atoms with E-state index in [1.54, 1.807) is 24.3 Å². The fraction of sp³-hybridized carbons (Fsp3) is 0. The summed E-state index contributed by atoms with van der Waals surface area (Å²) in [4.78, 5) is 35.2. The fourth-order valence-corrected chi connectivity index (χ4v) is 2.13. The van der Waals surface area contributed by atoms with Gasteiger partial charge in [-0.15, -0.1) is 0 Å². The maximum atomic E-state index is 12.2. The molecule has 1 aromatic heterocycles. The SMILES string of the molecule is NC(=O)c1ccc(NC(=O)c2cc(=O)c3ccccc3o2)cc1. The third kappa shape index (κ3) is 2.96. The van der Waals surface area contributed by atoms with E-state index >= 15 is 0 Å². The van der Waals surface area contributed by atoms with Crippen LogP contribution < -0.4 is 16.5 Å². The lowest BCUT2D eigenvalue weighted by atomic mass is 10.2. The molecule has 6 nitrogen and oxygen atoms in total. The summed E-state index contributed by atoms with van der Waals surface area (Å²) in [6, 6.07) is 13.9. The Morgan fingerprint density at radius 1 is 1.00 bits per heavy atom. The lowest BCUT2D eigenvalue weighted by Gasteiger charge is -2.06. The standard InChI is InChI=1S/C17H12N2O4/c18-16(21)10-5-7-11(8-6-10)19-17(22)15-9-13(20)12-3-1-2-4-14(12)23-15/h1-9H,(H2,18,21)(H,19,22). The summed E-state index contributed by atoms with van der Waals surface area (Å²) in [5.41, 5.74) is 5.99. The molecular formula is C17H12N2O4. The summed E-state index contributed by atoms with van der Waals surface area (Å²) in [7, 11) is 0. The van der Waals surface area contributed by atoms with Crippen LogP contribution in [-0.2, 0) is 0 Å². The first-order valence-corrected chi connectivity index (χ1v) is 6.79. The number of hydrogen-bond donors (Lipinski definition) is 2. The van der Waals surface area contributed by atoms with E-state index in [-0.39, 0.29) is 11.2 Å². The zero-order chi connectivity index (χ0) is 16.4. The van der Waals surface area contributed by atoms with Crippen LogP contribution in [0.3, 0.4) is 0 Å². The fourth-order valence-electron chi connectivity index (χ4n) is 2.13. The number of para-hydroxylation sites is 1. The van der Waals surface area contributed by atoms with Crippen molar-refractivity contribution in [2.45, 2.75) is 0 Å². The van der Waals surface area contributed by atoms with Crippen molar-refractivity contribution in [1.29, 1.82) is 0 Å². The predicted octanol–water partition coefficient (Wildman–Crippen LogP) is 2.14. The van der Waals surface area contributed by atoms with Crippen LogP contribution in [0.5, 0.6) is 0 Å². The molecule has 0 bridgehead atoms. The number of fused-ring (bicyclic) bond motifs is 1. The second-order valence-electron chi connectivity index (χ2n) is 4.87. The van der Waals surface area contributed by atoms with Crippen molar-refractivity contribution in [2.24, 2.45) is 5.73 Å². The van der Waals surface area contributed by atoms with E-state index in [1.165, 1.54) is 24.3 Å². The monoisotopic (exact) mass is 308 g/mol. The Morgan fingerprint density at radius 3 is 2.39 bits per heavy atom. The third-order valence-corrected chi connectivity index (χ3v) is 3.29. The first kappa shape index (κ1) is 14.5. The van der Waals surface area contributed by atoms with Crippen LogP contribution in [-0.4, -0.2) is 11.8 Å². The van der Waals surface area contributed by atoms with E-state index in [0.29, 0.717) is 22.2 Å². The summed E-state index contributed by atoms with van der Waals surface area (Å²) >= 11 is 0. The summed E-state index contributed by atoms with van der Waals surface area (Å²) in [5, 5.41) is 3.00. The molecule has 0 atom stereocenters. The van der Waals surface area contributed by atoms with Crippen LogP contribution in [0.1, 0.15) is 20.9 Å². The van der Waals surface area contributed by atoms with E-state index in [2.05, 4.69) is 5.32 Å². The zero-order valence-electron chi connectivity index (χ0n) is 11.9. The smallest absolute Gasteiger partial charge is 0.291 e. The van der Waals surface area contributed by atoms with Gasteiger partial charge in [0.25, 0.3) is 5.91 Å². The highest BCUT2D eigenvalue weighted by atomic mass is 16.3. The van der Waals surface area contributed by atoms with Gasteiger partial charge < -0.3 is 15.5 Å². The lowest BCUT2D eigenvalue weighted by molar-refractivity contribution is 0.0992. The number of benzene rings is 2. The second kappa shape index (κ2) is 5.76. The molecule has 0 radical (unpaired) electrons. The average molecular weight is 308 g/mol. The highest BCUT2D eigenvalue weighted by molar-refractivity contribution is 6.03. The van der Waals surface area contributed by atoms with Crippen molar-refractivity contribution in [3.63, 3.8) is 0 Å². The quantitative estimate of drug-likeness (QED) is 0.773. The summed E-state index contributed by atoms with van der Waals surface area (Å²) in [6.45, 7) is 0. The Labute approximate surface area is 130 Å². The van der Waals surface area contributed by atoms with E-state index < -0.39 is 11.8 Å². The summed E-state index contributed by atoms with van der Waals surface area (Å²) in [5.74, 6) is -1.20. The molecule has 23 heavy (non-hydrogen) atoms. The number of amides is 2. The zero-order valence-corrected chi connectivity index (χ0v) is 11.9. The average Bonchev–Trinajstić information content (AvgIpc) is 2.55. The minimum Gasteiger partial charge on any atom is -0.451 e. The van der Waals surface area contributed by atoms with Crippen LogP contribution in [0, 0.1) is 0 Å². The molecule has 114 valence electrons. The van der Waals surface area contributed by atoms with E-state index in [4.69, 9.17) is 10.2 Å². The van der Waals surface area contributed by atoms with Gasteiger partial charge in [0.05, 0.1) is 5.39 Å². The summed E-state index contributed by atoms with van der Waals surface area (Å²) < 4.78 is 5.45. The van der Waals surface area contributed by atoms with Crippen molar-refractivity contribution < 1.29 is 14.0 Å². The Kier molecular flexibility index (Phi) is 3.64. The Bertz CT molecular complexity index is 958. The molecule has 2 amide bonds. The van der Waals surface area contributed by atoms with Crippen LogP contribution in [0.4, 0.5) is 5.69 Å². The molecule has 2 aromatic carbocycles. The molecular weight excluding hydrogens is 296 g/mol. The number of carbonyl (C=O) groups excluding carboxylic acids is 2. The van der Waals surface area contributed by atoms with Gasteiger partial charge in [0.2, 0.25) is 5.91 Å². The van der Waals surface area contributed by atoms with Gasteiger partial charge in [0.1, 0.15) is 5.58 Å². The van der Waals surface area contributed by atoms with Crippen molar-refractivity contribution in [1.82, 2.24) is 0 Å². The van der Waals surface area contributed by atoms with Gasteiger partial charge in [-0.05, 0) is 36.4 Å². The molecule has 0 spiro atoms. The van der Waals surface area contributed by atoms with Gasteiger partial charge in [-0.1, -0.05) is 12.1 Å². The highest BCUT2D eigenvalue weighted by Crippen LogP contribution is 2.14. The van der Waals surface area contributed by atoms with Crippen molar-refractivity contribution in [2.75, 3.05) is 5.32 Å². The number of nitrogens with two attached hydrogens (primary N) is 1. The molecule has 0 saturated heterocycles. The number of hydrogen-bond acceptors (Lipinski definition) is 4. The number of primary amides is 1. The van der Waals surface area contributed by atoms with Gasteiger partial charge >= 0.3 is 0 Å². The third-order valence-electron chi connectivity index (χ3n) is 3.29. The van der Waals surface area contributed by atoms with E-state index in [1.807, 2.05) is 0 Å². The van der Waals surface area contributed by atoms with Crippen molar-refractivity contribution in [3.05, 3.63) is 76.1 Å². The number of anilines is 1. The number of carbonyl (C=O) groups is 2. The molecule has 3 N–H and O–H groups in total. The molecule has 0 unspecified atom stereocenters. The van der Waals surface area contributed by atoms with E-state index in [9.17, 15) is 14.4 Å². The normalized spacial score (nSPS) is 10.4. The Morgan fingerprint density at radius 2 is 1.70 bits per heavy atom. The van der Waals surface area contributed by atoms with Crippen LogP contribution in [0.25, 0.3) is 11.0 Å². The minimum absolute atomic E-state index is 0.0901. The Hall–Kier alpha value is -3.41. The number of nitrogens with one attached hydrogen (secondary N) is 1. The first-order chi connectivity index (χ1) is 11.0. The molecule has 0 fully saturated rings. The molecule has 3 rings (SSSR count). The van der Waals surface area contributed by atoms with Crippen molar-refractivity contribution in [3.8, 4) is 0 Å². The van der Waals surface area contributed by atoms with Gasteiger partial charge in [0, 0.05) is 17.3 Å². The van der Waals surface area contributed by atoms with Gasteiger partial charge in [-0.25, -0.2) is 0 Å².